The summed E-state index contributed by atoms with van der Waals surface area (Å²) in [7, 11) is -11.1. The molecule has 96 valence electrons. The third-order valence-electron chi connectivity index (χ3n) is 1.15. The molecular weight excluding hydrogens is 293 g/mol. The van der Waals surface area contributed by atoms with E-state index in [0.29, 0.717) is 0 Å². The number of hydrogen-bond acceptors (Lipinski definition) is 7. The van der Waals surface area contributed by atoms with Crippen molar-refractivity contribution in [3.8, 4) is 0 Å². The van der Waals surface area contributed by atoms with Gasteiger partial charge >= 0.3 is 34.1 Å². The van der Waals surface area contributed by atoms with Crippen LogP contribution in [0.5, 0.6) is 0 Å². The molecule has 13 heteroatoms. The van der Waals surface area contributed by atoms with E-state index in [2.05, 4.69) is 17.5 Å². The molecule has 0 rings (SSSR count). The summed E-state index contributed by atoms with van der Waals surface area (Å²) in [5.41, 5.74) is -5.60. The van der Waals surface area contributed by atoms with Gasteiger partial charge < -0.3 is 13.5 Å². The van der Waals surface area contributed by atoms with Crippen LogP contribution in [-0.2, 0) is 32.0 Å². The SMILES string of the molecule is CO[Si](C)(OO[SiH]=O)OS(=O)(=O)C(F)(F)F. The first-order chi connectivity index (χ1) is 7.08. The second kappa shape index (κ2) is 5.32. The topological polar surface area (TPSA) is 88.1 Å². The minimum absolute atomic E-state index is 0.825. The lowest BCUT2D eigenvalue weighted by molar-refractivity contribution is -0.154. The van der Waals surface area contributed by atoms with Gasteiger partial charge in [-0.15, -0.1) is 0 Å². The van der Waals surface area contributed by atoms with Crippen LogP contribution in [0, 0.1) is 0 Å². The van der Waals surface area contributed by atoms with Crippen LogP contribution in [-0.4, -0.2) is 39.5 Å². The van der Waals surface area contributed by atoms with Gasteiger partial charge in [-0.05, 0) is 0 Å². The normalized spacial score (nSPS) is 16.6. The number of alkyl halides is 3. The van der Waals surface area contributed by atoms with Crippen LogP contribution in [0.3, 0.4) is 0 Å². The highest BCUT2D eigenvalue weighted by Crippen LogP contribution is 2.27. The van der Waals surface area contributed by atoms with E-state index in [1.54, 1.807) is 0 Å². The molecule has 0 aliphatic rings. The van der Waals surface area contributed by atoms with Gasteiger partial charge in [-0.1, -0.05) is 0 Å². The van der Waals surface area contributed by atoms with E-state index in [0.717, 1.165) is 13.7 Å². The first-order valence-corrected chi connectivity index (χ1v) is 8.01. The van der Waals surface area contributed by atoms with Crippen molar-refractivity contribution in [1.29, 1.82) is 0 Å². The number of rotatable bonds is 6. The van der Waals surface area contributed by atoms with Crippen molar-refractivity contribution in [1.82, 2.24) is 0 Å². The van der Waals surface area contributed by atoms with E-state index < -0.39 is 34.1 Å². The Hall–Kier alpha value is -0.346. The summed E-state index contributed by atoms with van der Waals surface area (Å²) in [6.07, 6.45) is 0. The molecule has 0 saturated carbocycles. The number of halogens is 3. The summed E-state index contributed by atoms with van der Waals surface area (Å²) in [6.45, 7) is 0.825. The molecule has 0 aromatic rings. The van der Waals surface area contributed by atoms with Crippen molar-refractivity contribution in [2.24, 2.45) is 0 Å². The van der Waals surface area contributed by atoms with E-state index in [4.69, 9.17) is 0 Å². The fourth-order valence-corrected chi connectivity index (χ4v) is 3.72. The summed E-state index contributed by atoms with van der Waals surface area (Å²) in [6, 6.07) is 0. The van der Waals surface area contributed by atoms with E-state index in [1.165, 1.54) is 0 Å². The molecule has 0 radical (unpaired) electrons. The lowest BCUT2D eigenvalue weighted by Crippen LogP contribution is -2.46. The van der Waals surface area contributed by atoms with Crippen LogP contribution in [0.25, 0.3) is 0 Å². The summed E-state index contributed by atoms with van der Waals surface area (Å²) >= 11 is 0. The largest absolute Gasteiger partial charge is 0.552 e. The summed E-state index contributed by atoms with van der Waals surface area (Å²) in [4.78, 5) is 0. The van der Waals surface area contributed by atoms with Crippen LogP contribution in [0.15, 0.2) is 0 Å². The van der Waals surface area contributed by atoms with E-state index in [-0.39, 0.29) is 0 Å². The first-order valence-electron chi connectivity index (χ1n) is 3.43. The maximum atomic E-state index is 11.9. The van der Waals surface area contributed by atoms with Crippen LogP contribution in [0.4, 0.5) is 13.2 Å². The third kappa shape index (κ3) is 4.26. The Labute approximate surface area is 91.9 Å². The highest BCUT2D eigenvalue weighted by Gasteiger charge is 2.54. The van der Waals surface area contributed by atoms with Crippen LogP contribution in [0.2, 0.25) is 6.55 Å². The van der Waals surface area contributed by atoms with Gasteiger partial charge in [0.25, 0.3) is 0 Å². The maximum Gasteiger partial charge on any atom is 0.552 e. The van der Waals surface area contributed by atoms with Crippen molar-refractivity contribution in [2.45, 2.75) is 12.1 Å². The van der Waals surface area contributed by atoms with Gasteiger partial charge in [0.15, 0.2) is 0 Å². The lowest BCUT2D eigenvalue weighted by atomic mass is 11.6. The third-order valence-corrected chi connectivity index (χ3v) is 5.32. The molecule has 0 aliphatic carbocycles. The Kier molecular flexibility index (Phi) is 5.21. The van der Waals surface area contributed by atoms with E-state index >= 15 is 0 Å². The van der Waals surface area contributed by atoms with Gasteiger partial charge in [0, 0.05) is 13.7 Å². The molecule has 1 unspecified atom stereocenters. The van der Waals surface area contributed by atoms with Crippen molar-refractivity contribution >= 4 is 28.6 Å². The van der Waals surface area contributed by atoms with Crippen molar-refractivity contribution in [3.05, 3.63) is 0 Å². The highest BCUT2D eigenvalue weighted by molar-refractivity contribution is 7.88. The molecular formula is C3H7F3O7SSi2. The second-order valence-electron chi connectivity index (χ2n) is 2.33. The van der Waals surface area contributed by atoms with E-state index in [9.17, 15) is 26.1 Å². The van der Waals surface area contributed by atoms with Crippen molar-refractivity contribution < 1.29 is 43.5 Å². The molecule has 0 amide bonds. The molecule has 0 spiro atoms. The zero-order valence-corrected chi connectivity index (χ0v) is 10.9. The minimum atomic E-state index is -5.86. The van der Waals surface area contributed by atoms with Gasteiger partial charge in [0.2, 0.25) is 0 Å². The predicted molar refractivity (Wildman–Crippen MR) is 44.7 cm³/mol. The van der Waals surface area contributed by atoms with E-state index in [1.807, 2.05) is 0 Å². The first kappa shape index (κ1) is 15.7. The summed E-state index contributed by atoms with van der Waals surface area (Å²) in [5.74, 6) is 0. The average molecular weight is 300 g/mol. The fourth-order valence-electron chi connectivity index (χ4n) is 0.435. The fraction of sp³-hybridized carbons (Fsp3) is 1.00. The Balaban J connectivity index is 4.85. The Bertz CT molecular complexity index is 341. The van der Waals surface area contributed by atoms with Crippen LogP contribution in [0.1, 0.15) is 0 Å². The van der Waals surface area contributed by atoms with Gasteiger partial charge in [0.1, 0.15) is 0 Å². The highest BCUT2D eigenvalue weighted by atomic mass is 32.2. The van der Waals surface area contributed by atoms with Crippen LogP contribution < -0.4 is 0 Å². The monoisotopic (exact) mass is 300 g/mol. The second-order valence-corrected chi connectivity index (χ2v) is 7.05. The lowest BCUT2D eigenvalue weighted by Gasteiger charge is -2.21. The molecule has 0 N–H and O–H groups in total. The van der Waals surface area contributed by atoms with Gasteiger partial charge in [-0.25, -0.2) is 3.87 Å². The molecule has 0 aliphatic heterocycles. The minimum Gasteiger partial charge on any atom is -0.375 e. The van der Waals surface area contributed by atoms with Gasteiger partial charge in [-0.2, -0.15) is 26.2 Å². The van der Waals surface area contributed by atoms with Crippen LogP contribution >= 0.6 is 0 Å². The zero-order valence-electron chi connectivity index (χ0n) is 7.98. The summed E-state index contributed by atoms with van der Waals surface area (Å²) < 4.78 is 82.9. The molecule has 0 bridgehead atoms. The Morgan fingerprint density at radius 2 is 1.81 bits per heavy atom. The molecule has 0 saturated heterocycles. The summed E-state index contributed by atoms with van der Waals surface area (Å²) in [5, 5.41) is 0. The molecule has 7 nitrogen and oxygen atoms in total. The molecule has 0 fully saturated rings. The molecule has 0 aromatic carbocycles. The van der Waals surface area contributed by atoms with Gasteiger partial charge in [0.05, 0.1) is 0 Å². The van der Waals surface area contributed by atoms with Crippen molar-refractivity contribution in [2.75, 3.05) is 7.11 Å². The molecule has 0 aromatic heterocycles. The number of hydrogen-bond donors (Lipinski definition) is 0. The maximum absolute atomic E-state index is 11.9. The average Bonchev–Trinajstić information content (AvgIpc) is 2.12. The smallest absolute Gasteiger partial charge is 0.375 e. The predicted octanol–water partition coefficient (Wildman–Crippen LogP) is -0.287. The Morgan fingerprint density at radius 1 is 1.31 bits per heavy atom. The quantitative estimate of drug-likeness (QED) is 0.288. The van der Waals surface area contributed by atoms with Crippen molar-refractivity contribution in [3.63, 3.8) is 0 Å². The van der Waals surface area contributed by atoms with Gasteiger partial charge in [-0.3, -0.25) is 0 Å². The standard InChI is InChI=1S/C3H7F3O7SSi2/c1-10-16(2,12-11-15-9)13-14(7,8)3(4,5)6/h15H,1-2H3. The molecule has 16 heavy (non-hydrogen) atoms. The molecule has 1 atom stereocenters. The zero-order chi connectivity index (χ0) is 13.0. The molecule has 0 heterocycles. The Morgan fingerprint density at radius 3 is 2.12 bits per heavy atom.